The average Bonchev–Trinajstić information content (AvgIpc) is 2.93. The van der Waals surface area contributed by atoms with E-state index in [4.69, 9.17) is 0 Å². The van der Waals surface area contributed by atoms with E-state index in [0.717, 1.165) is 18.8 Å². The first-order valence-corrected chi connectivity index (χ1v) is 6.31. The minimum absolute atomic E-state index is 0.0307. The van der Waals surface area contributed by atoms with Gasteiger partial charge in [-0.25, -0.2) is 4.98 Å². The molecule has 1 atom stereocenters. The molecule has 2 N–H and O–H groups in total. The zero-order valence-corrected chi connectivity index (χ0v) is 10.9. The first kappa shape index (κ1) is 13.3. The molecule has 0 fully saturated rings. The Hall–Kier alpha value is -2.14. The first-order valence-electron chi connectivity index (χ1n) is 6.31. The molecule has 2 rings (SSSR count). The monoisotopic (exact) mass is 258 g/mol. The summed E-state index contributed by atoms with van der Waals surface area (Å²) in [6, 6.07) is 9.22. The molecule has 0 saturated heterocycles. The quantitative estimate of drug-likeness (QED) is 0.825. The van der Waals surface area contributed by atoms with Gasteiger partial charge in [-0.3, -0.25) is 4.79 Å². The van der Waals surface area contributed by atoms with Crippen molar-refractivity contribution in [3.05, 3.63) is 49.1 Å². The van der Waals surface area contributed by atoms with Crippen LogP contribution in [0.4, 0.5) is 5.69 Å². The molecule has 1 amide bonds. The van der Waals surface area contributed by atoms with E-state index in [1.54, 1.807) is 12.5 Å². The van der Waals surface area contributed by atoms with Crippen molar-refractivity contribution in [2.75, 3.05) is 11.9 Å². The molecule has 0 aliphatic heterocycles. The number of hydrogen-bond donors (Lipinski definition) is 2. The number of para-hydroxylation sites is 1. The summed E-state index contributed by atoms with van der Waals surface area (Å²) in [6.07, 6.45) is 5.40. The maximum Gasteiger partial charge on any atom is 0.241 e. The fourth-order valence-electron chi connectivity index (χ4n) is 1.69. The highest BCUT2D eigenvalue weighted by atomic mass is 16.2. The lowest BCUT2D eigenvalue weighted by Gasteiger charge is -2.14. The van der Waals surface area contributed by atoms with Gasteiger partial charge in [0.15, 0.2) is 0 Å². The second-order valence-corrected chi connectivity index (χ2v) is 4.33. The normalized spacial score (nSPS) is 12.1. The first-order chi connectivity index (χ1) is 9.25. The van der Waals surface area contributed by atoms with Crippen LogP contribution in [0.25, 0.3) is 0 Å². The number of anilines is 1. The molecule has 100 valence electrons. The van der Waals surface area contributed by atoms with Crippen LogP contribution in [-0.2, 0) is 11.3 Å². The molecule has 0 spiro atoms. The molecule has 0 aliphatic rings. The van der Waals surface area contributed by atoms with Crippen molar-refractivity contribution in [2.45, 2.75) is 19.5 Å². The molecule has 1 unspecified atom stereocenters. The van der Waals surface area contributed by atoms with Crippen molar-refractivity contribution in [1.82, 2.24) is 14.9 Å². The Morgan fingerprint density at radius 2 is 2.16 bits per heavy atom. The fourth-order valence-corrected chi connectivity index (χ4v) is 1.69. The number of nitrogens with one attached hydrogen (secondary N) is 2. The third-order valence-corrected chi connectivity index (χ3v) is 2.81. The van der Waals surface area contributed by atoms with Gasteiger partial charge >= 0.3 is 0 Å². The summed E-state index contributed by atoms with van der Waals surface area (Å²) < 4.78 is 1.97. The fraction of sp³-hybridized carbons (Fsp3) is 0.286. The molecule has 2 aromatic rings. The highest BCUT2D eigenvalue weighted by molar-refractivity contribution is 5.94. The highest BCUT2D eigenvalue weighted by Crippen LogP contribution is 2.05. The van der Waals surface area contributed by atoms with Crippen molar-refractivity contribution in [3.8, 4) is 0 Å². The predicted octanol–water partition coefficient (Wildman–Crippen LogP) is 1.50. The molecule has 1 aromatic heterocycles. The molecular weight excluding hydrogens is 240 g/mol. The smallest absolute Gasteiger partial charge is 0.241 e. The van der Waals surface area contributed by atoms with E-state index in [2.05, 4.69) is 15.6 Å². The van der Waals surface area contributed by atoms with Gasteiger partial charge in [-0.05, 0) is 19.1 Å². The van der Waals surface area contributed by atoms with Crippen LogP contribution >= 0.6 is 0 Å². The van der Waals surface area contributed by atoms with Crippen molar-refractivity contribution in [1.29, 1.82) is 0 Å². The lowest BCUT2D eigenvalue weighted by Crippen LogP contribution is -2.39. The van der Waals surface area contributed by atoms with Gasteiger partial charge in [0.1, 0.15) is 0 Å². The lowest BCUT2D eigenvalue weighted by molar-refractivity contribution is -0.117. The van der Waals surface area contributed by atoms with Crippen LogP contribution < -0.4 is 10.6 Å². The van der Waals surface area contributed by atoms with Crippen LogP contribution in [0.1, 0.15) is 6.92 Å². The third kappa shape index (κ3) is 4.22. The van der Waals surface area contributed by atoms with Crippen molar-refractivity contribution < 1.29 is 4.79 Å². The summed E-state index contributed by atoms with van der Waals surface area (Å²) in [5, 5.41) is 6.05. The Balaban J connectivity index is 1.73. The number of hydrogen-bond acceptors (Lipinski definition) is 3. The summed E-state index contributed by atoms with van der Waals surface area (Å²) >= 11 is 0. The summed E-state index contributed by atoms with van der Waals surface area (Å²) in [6.45, 7) is 3.37. The van der Waals surface area contributed by atoms with E-state index in [-0.39, 0.29) is 11.9 Å². The van der Waals surface area contributed by atoms with Crippen LogP contribution in [0.3, 0.4) is 0 Å². The van der Waals surface area contributed by atoms with E-state index in [9.17, 15) is 4.79 Å². The summed E-state index contributed by atoms with van der Waals surface area (Å²) in [4.78, 5) is 15.9. The van der Waals surface area contributed by atoms with E-state index >= 15 is 0 Å². The van der Waals surface area contributed by atoms with Crippen LogP contribution in [0, 0.1) is 0 Å². The van der Waals surface area contributed by atoms with Crippen molar-refractivity contribution in [3.63, 3.8) is 0 Å². The maximum atomic E-state index is 11.9. The number of carbonyl (C=O) groups is 1. The standard InChI is InChI=1S/C14H18N4O/c1-12(16-8-10-18-9-7-15-11-18)14(19)17-13-5-3-2-4-6-13/h2-7,9,11-12,16H,8,10H2,1H3,(H,17,19). The summed E-state index contributed by atoms with van der Waals surface area (Å²) in [5.74, 6) is -0.0307. The van der Waals surface area contributed by atoms with Crippen LogP contribution in [0.15, 0.2) is 49.1 Å². The average molecular weight is 258 g/mol. The van der Waals surface area contributed by atoms with Gasteiger partial charge in [0.2, 0.25) is 5.91 Å². The lowest BCUT2D eigenvalue weighted by atomic mass is 10.2. The van der Waals surface area contributed by atoms with Crippen molar-refractivity contribution >= 4 is 11.6 Å². The van der Waals surface area contributed by atoms with E-state index < -0.39 is 0 Å². The number of nitrogens with zero attached hydrogens (tertiary/aromatic N) is 2. The Kier molecular flexibility index (Phi) is 4.69. The van der Waals surface area contributed by atoms with E-state index in [1.807, 2.05) is 48.0 Å². The number of imidazole rings is 1. The topological polar surface area (TPSA) is 59.0 Å². The molecule has 19 heavy (non-hydrogen) atoms. The minimum Gasteiger partial charge on any atom is -0.336 e. The number of carbonyl (C=O) groups excluding carboxylic acids is 1. The summed E-state index contributed by atoms with van der Waals surface area (Å²) in [5.41, 5.74) is 0.816. The zero-order valence-electron chi connectivity index (χ0n) is 10.9. The Morgan fingerprint density at radius 1 is 1.37 bits per heavy atom. The van der Waals surface area contributed by atoms with Gasteiger partial charge in [0, 0.05) is 31.2 Å². The predicted molar refractivity (Wildman–Crippen MR) is 74.8 cm³/mol. The van der Waals surface area contributed by atoms with Gasteiger partial charge in [0.25, 0.3) is 0 Å². The molecule has 1 aromatic carbocycles. The molecule has 0 saturated carbocycles. The van der Waals surface area contributed by atoms with Gasteiger partial charge < -0.3 is 15.2 Å². The Labute approximate surface area is 112 Å². The number of benzene rings is 1. The zero-order chi connectivity index (χ0) is 13.5. The van der Waals surface area contributed by atoms with Crippen LogP contribution in [-0.4, -0.2) is 28.0 Å². The van der Waals surface area contributed by atoms with Crippen LogP contribution in [0.5, 0.6) is 0 Å². The second kappa shape index (κ2) is 6.70. The highest BCUT2D eigenvalue weighted by Gasteiger charge is 2.11. The second-order valence-electron chi connectivity index (χ2n) is 4.33. The third-order valence-electron chi connectivity index (χ3n) is 2.81. The largest absolute Gasteiger partial charge is 0.336 e. The van der Waals surface area contributed by atoms with Gasteiger partial charge in [-0.15, -0.1) is 0 Å². The molecule has 0 radical (unpaired) electrons. The summed E-state index contributed by atoms with van der Waals surface area (Å²) in [7, 11) is 0. The van der Waals surface area contributed by atoms with E-state index in [0.29, 0.717) is 0 Å². The molecule has 1 heterocycles. The van der Waals surface area contributed by atoms with E-state index in [1.165, 1.54) is 0 Å². The molecule has 5 nitrogen and oxygen atoms in total. The minimum atomic E-state index is -0.233. The molecular formula is C14H18N4O. The SMILES string of the molecule is CC(NCCn1ccnc1)C(=O)Nc1ccccc1. The maximum absolute atomic E-state index is 11.9. The molecule has 0 bridgehead atoms. The number of amides is 1. The van der Waals surface area contributed by atoms with Crippen LogP contribution in [0.2, 0.25) is 0 Å². The van der Waals surface area contributed by atoms with Crippen molar-refractivity contribution in [2.24, 2.45) is 0 Å². The van der Waals surface area contributed by atoms with Gasteiger partial charge in [-0.1, -0.05) is 18.2 Å². The van der Waals surface area contributed by atoms with Gasteiger partial charge in [-0.2, -0.15) is 0 Å². The Bertz CT molecular complexity index is 495. The molecule has 0 aliphatic carbocycles. The number of aromatic nitrogens is 2. The molecule has 5 heteroatoms. The number of rotatable bonds is 6. The Morgan fingerprint density at radius 3 is 2.84 bits per heavy atom. The van der Waals surface area contributed by atoms with Gasteiger partial charge in [0.05, 0.1) is 12.4 Å².